The lowest BCUT2D eigenvalue weighted by atomic mass is 10.0. The zero-order valence-electron chi connectivity index (χ0n) is 8.53. The van der Waals surface area contributed by atoms with E-state index in [1.165, 1.54) is 4.57 Å². The molecule has 0 aliphatic heterocycles. The van der Waals surface area contributed by atoms with Crippen molar-refractivity contribution in [3.63, 3.8) is 0 Å². The van der Waals surface area contributed by atoms with Gasteiger partial charge in [0.15, 0.2) is 0 Å². The summed E-state index contributed by atoms with van der Waals surface area (Å²) in [5, 5.41) is 4.58. The van der Waals surface area contributed by atoms with E-state index < -0.39 is 0 Å². The molecule has 2 rings (SSSR count). The van der Waals surface area contributed by atoms with Crippen LogP contribution in [0, 0.1) is 0 Å². The van der Waals surface area contributed by atoms with Crippen LogP contribution < -0.4 is 17.1 Å². The molecule has 0 bridgehead atoms. The molecule has 0 spiro atoms. The molecular weight excluding hydrogens is 196 g/mol. The minimum atomic E-state index is -0.387. The molecule has 0 radical (unpaired) electrons. The second-order valence-electron chi connectivity index (χ2n) is 4.10. The summed E-state index contributed by atoms with van der Waals surface area (Å²) >= 11 is 0. The molecule has 0 saturated heterocycles. The lowest BCUT2D eigenvalue weighted by molar-refractivity contribution is 0.372. The number of nitrogens with two attached hydrogens (primary N) is 1. The van der Waals surface area contributed by atoms with Crippen molar-refractivity contribution in [3.05, 3.63) is 21.0 Å². The van der Waals surface area contributed by atoms with E-state index in [4.69, 9.17) is 5.73 Å². The van der Waals surface area contributed by atoms with E-state index in [2.05, 4.69) is 10.2 Å². The van der Waals surface area contributed by atoms with Crippen LogP contribution in [-0.4, -0.2) is 20.8 Å². The molecule has 84 valence electrons. The van der Waals surface area contributed by atoms with E-state index in [9.17, 15) is 9.59 Å². The van der Waals surface area contributed by atoms with E-state index in [0.29, 0.717) is 0 Å². The molecule has 1 aromatic heterocycles. The molecule has 1 aromatic rings. The summed E-state index contributed by atoms with van der Waals surface area (Å²) < 4.78 is 1.22. The van der Waals surface area contributed by atoms with Gasteiger partial charge in [0.1, 0.15) is 0 Å². The Morgan fingerprint density at radius 1 is 1.07 bits per heavy atom. The quantitative estimate of drug-likeness (QED) is 0.557. The van der Waals surface area contributed by atoms with Crippen LogP contribution in [0.5, 0.6) is 0 Å². The summed E-state index contributed by atoms with van der Waals surface area (Å²) in [4.78, 5) is 22.8. The van der Waals surface area contributed by atoms with Gasteiger partial charge in [-0.25, -0.2) is 24.4 Å². The lowest BCUT2D eigenvalue weighted by Crippen LogP contribution is -2.40. The van der Waals surface area contributed by atoms with Crippen molar-refractivity contribution in [2.75, 3.05) is 0 Å². The fraction of sp³-hybridized carbons (Fsp3) is 0.778. The third-order valence-corrected chi connectivity index (χ3v) is 3.08. The zero-order valence-corrected chi connectivity index (χ0v) is 8.53. The standard InChI is InChI=1S/C9H16N4O2/c10-6-4-2-1-3-5-7(6)13-8(14)11-12-9(13)15/h6-7H,1-5,10H2,(H,11,14)(H,12,15). The molecule has 0 amide bonds. The van der Waals surface area contributed by atoms with Gasteiger partial charge in [0.05, 0.1) is 6.04 Å². The van der Waals surface area contributed by atoms with Crippen LogP contribution in [0.4, 0.5) is 0 Å². The van der Waals surface area contributed by atoms with Crippen LogP contribution in [0.25, 0.3) is 0 Å². The minimum absolute atomic E-state index is 0.0953. The summed E-state index contributed by atoms with van der Waals surface area (Å²) in [5.74, 6) is 0. The highest BCUT2D eigenvalue weighted by atomic mass is 16.2. The van der Waals surface area contributed by atoms with Gasteiger partial charge in [-0.05, 0) is 12.8 Å². The normalized spacial score (nSPS) is 27.5. The van der Waals surface area contributed by atoms with Crippen LogP contribution in [0.2, 0.25) is 0 Å². The molecule has 15 heavy (non-hydrogen) atoms. The molecule has 0 aromatic carbocycles. The van der Waals surface area contributed by atoms with Gasteiger partial charge in [-0.2, -0.15) is 0 Å². The van der Waals surface area contributed by atoms with Gasteiger partial charge in [-0.15, -0.1) is 0 Å². The van der Waals surface area contributed by atoms with Gasteiger partial charge in [-0.3, -0.25) is 0 Å². The third-order valence-electron chi connectivity index (χ3n) is 3.08. The second-order valence-corrected chi connectivity index (χ2v) is 4.10. The summed E-state index contributed by atoms with van der Waals surface area (Å²) in [6.45, 7) is 0. The summed E-state index contributed by atoms with van der Waals surface area (Å²) in [6.07, 6.45) is 4.91. The van der Waals surface area contributed by atoms with Gasteiger partial charge in [0.25, 0.3) is 0 Å². The van der Waals surface area contributed by atoms with Crippen molar-refractivity contribution in [2.24, 2.45) is 5.73 Å². The maximum absolute atomic E-state index is 11.4. The fourth-order valence-corrected chi connectivity index (χ4v) is 2.26. The number of hydrogen-bond acceptors (Lipinski definition) is 3. The summed E-state index contributed by atoms with van der Waals surface area (Å²) in [5.41, 5.74) is 5.21. The average molecular weight is 212 g/mol. The maximum atomic E-state index is 11.4. The first kappa shape index (κ1) is 10.2. The first-order valence-electron chi connectivity index (χ1n) is 5.35. The second kappa shape index (κ2) is 4.06. The van der Waals surface area contributed by atoms with E-state index in [1.807, 2.05) is 0 Å². The highest BCUT2D eigenvalue weighted by Crippen LogP contribution is 2.23. The summed E-state index contributed by atoms with van der Waals surface area (Å²) in [6, 6.07) is -0.253. The first-order chi connectivity index (χ1) is 7.20. The van der Waals surface area contributed by atoms with E-state index in [0.717, 1.165) is 32.1 Å². The average Bonchev–Trinajstić information content (AvgIpc) is 2.42. The first-order valence-corrected chi connectivity index (χ1v) is 5.35. The van der Waals surface area contributed by atoms with E-state index in [1.54, 1.807) is 0 Å². The number of aromatic amines is 2. The molecule has 1 saturated carbocycles. The number of rotatable bonds is 1. The molecule has 4 N–H and O–H groups in total. The van der Waals surface area contributed by atoms with Crippen molar-refractivity contribution in [2.45, 2.75) is 44.2 Å². The molecule has 2 unspecified atom stereocenters. The largest absolute Gasteiger partial charge is 0.344 e. The molecule has 1 aliphatic rings. The van der Waals surface area contributed by atoms with Crippen LogP contribution in [0.1, 0.15) is 38.1 Å². The predicted octanol–water partition coefficient (Wildman–Crippen LogP) is -0.303. The highest BCUT2D eigenvalue weighted by Gasteiger charge is 2.25. The van der Waals surface area contributed by atoms with Gasteiger partial charge in [0, 0.05) is 6.04 Å². The third kappa shape index (κ3) is 1.90. The van der Waals surface area contributed by atoms with Gasteiger partial charge >= 0.3 is 11.4 Å². The molecule has 1 heterocycles. The summed E-state index contributed by atoms with van der Waals surface area (Å²) in [7, 11) is 0. The number of aromatic nitrogens is 3. The number of nitrogens with one attached hydrogen (secondary N) is 2. The van der Waals surface area contributed by atoms with Crippen molar-refractivity contribution in [1.82, 2.24) is 14.8 Å². The van der Waals surface area contributed by atoms with Crippen LogP contribution >= 0.6 is 0 Å². The van der Waals surface area contributed by atoms with E-state index >= 15 is 0 Å². The van der Waals surface area contributed by atoms with Crippen LogP contribution in [0.3, 0.4) is 0 Å². The molecule has 2 atom stereocenters. The molecule has 6 nitrogen and oxygen atoms in total. The van der Waals surface area contributed by atoms with Gasteiger partial charge < -0.3 is 5.73 Å². The van der Waals surface area contributed by atoms with Crippen molar-refractivity contribution in [1.29, 1.82) is 0 Å². The van der Waals surface area contributed by atoms with Crippen molar-refractivity contribution >= 4 is 0 Å². The molecule has 1 fully saturated rings. The fourth-order valence-electron chi connectivity index (χ4n) is 2.26. The van der Waals surface area contributed by atoms with Crippen molar-refractivity contribution in [3.8, 4) is 0 Å². The monoisotopic (exact) mass is 212 g/mol. The van der Waals surface area contributed by atoms with Gasteiger partial charge in [0.2, 0.25) is 0 Å². The smallest absolute Gasteiger partial charge is 0.326 e. The van der Waals surface area contributed by atoms with Crippen LogP contribution in [-0.2, 0) is 0 Å². The van der Waals surface area contributed by atoms with E-state index in [-0.39, 0.29) is 23.5 Å². The number of H-pyrrole nitrogens is 2. The van der Waals surface area contributed by atoms with Crippen LogP contribution in [0.15, 0.2) is 9.59 Å². The number of hydrogen-bond donors (Lipinski definition) is 3. The Kier molecular flexibility index (Phi) is 2.77. The Morgan fingerprint density at radius 3 is 2.33 bits per heavy atom. The van der Waals surface area contributed by atoms with Crippen molar-refractivity contribution < 1.29 is 0 Å². The molecule has 1 aliphatic carbocycles. The zero-order chi connectivity index (χ0) is 10.8. The Bertz CT molecular complexity index is 402. The predicted molar refractivity (Wildman–Crippen MR) is 55.8 cm³/mol. The lowest BCUT2D eigenvalue weighted by Gasteiger charge is -2.20. The molecular formula is C9H16N4O2. The Hall–Kier alpha value is -1.30. The Labute approximate surface area is 86.5 Å². The SMILES string of the molecule is NC1CCCCCC1n1c(=O)[nH][nH]c1=O. The topological polar surface area (TPSA) is 96.7 Å². The maximum Gasteiger partial charge on any atom is 0.344 e. The number of nitrogens with zero attached hydrogens (tertiary/aromatic N) is 1. The Balaban J connectivity index is 2.36. The molecule has 6 heteroatoms. The minimum Gasteiger partial charge on any atom is -0.326 e. The van der Waals surface area contributed by atoms with Gasteiger partial charge in [-0.1, -0.05) is 19.3 Å². The highest BCUT2D eigenvalue weighted by molar-refractivity contribution is 4.84. The Morgan fingerprint density at radius 2 is 1.67 bits per heavy atom.